The predicted octanol–water partition coefficient (Wildman–Crippen LogP) is 2.60. The molecule has 1 aromatic rings. The molecule has 1 saturated carbocycles. The normalized spacial score (nSPS) is 28.3. The van der Waals surface area contributed by atoms with Crippen LogP contribution in [-0.2, 0) is 4.74 Å². The van der Waals surface area contributed by atoms with Crippen molar-refractivity contribution in [2.45, 2.75) is 44.4 Å². The van der Waals surface area contributed by atoms with E-state index >= 15 is 0 Å². The third kappa shape index (κ3) is 2.35. The van der Waals surface area contributed by atoms with Crippen LogP contribution in [0.4, 0.5) is 10.1 Å². The van der Waals surface area contributed by atoms with Gasteiger partial charge in [0.2, 0.25) is 0 Å². The number of benzene rings is 1. The van der Waals surface area contributed by atoms with Gasteiger partial charge in [-0.05, 0) is 43.9 Å². The van der Waals surface area contributed by atoms with Gasteiger partial charge in [0.15, 0.2) is 0 Å². The maximum Gasteiger partial charge on any atom is 0.146 e. The van der Waals surface area contributed by atoms with Crippen molar-refractivity contribution in [1.82, 2.24) is 0 Å². The fourth-order valence-electron chi connectivity index (χ4n) is 3.26. The zero-order valence-electron chi connectivity index (χ0n) is 11.3. The molecule has 1 aliphatic carbocycles. The number of hydrogen-bond donors (Lipinski definition) is 1. The van der Waals surface area contributed by atoms with Crippen molar-refractivity contribution < 1.29 is 9.13 Å². The van der Waals surface area contributed by atoms with Crippen molar-refractivity contribution in [3.63, 3.8) is 0 Å². The molecule has 0 aromatic heterocycles. The minimum atomic E-state index is -0.164. The lowest BCUT2D eigenvalue weighted by atomic mass is 10.1. The molecule has 4 heteroatoms. The summed E-state index contributed by atoms with van der Waals surface area (Å²) in [5.74, 6) is -0.164. The number of fused-ring (bicyclic) bond motifs is 1. The molecule has 1 aliphatic heterocycles. The molecule has 3 rings (SSSR count). The minimum absolute atomic E-state index is 0.132. The summed E-state index contributed by atoms with van der Waals surface area (Å²) in [4.78, 5) is 2.18. The molecule has 104 valence electrons. The lowest BCUT2D eigenvalue weighted by Gasteiger charge is -2.39. The van der Waals surface area contributed by atoms with Crippen LogP contribution in [0.2, 0.25) is 0 Å². The van der Waals surface area contributed by atoms with Gasteiger partial charge in [-0.3, -0.25) is 0 Å². The maximum absolute atomic E-state index is 14.3. The molecule has 2 aliphatic rings. The number of nitrogens with zero attached hydrogens (tertiary/aromatic N) is 1. The third-order valence-electron chi connectivity index (χ3n) is 4.29. The smallest absolute Gasteiger partial charge is 0.146 e. The van der Waals surface area contributed by atoms with Crippen LogP contribution in [0.25, 0.3) is 0 Å². The summed E-state index contributed by atoms with van der Waals surface area (Å²) in [5, 5.41) is 0. The van der Waals surface area contributed by atoms with E-state index in [-0.39, 0.29) is 18.0 Å². The van der Waals surface area contributed by atoms with Crippen LogP contribution in [-0.4, -0.2) is 25.3 Å². The van der Waals surface area contributed by atoms with Crippen LogP contribution in [0.5, 0.6) is 0 Å². The Morgan fingerprint density at radius 1 is 1.42 bits per heavy atom. The zero-order valence-corrected chi connectivity index (χ0v) is 11.3. The van der Waals surface area contributed by atoms with E-state index < -0.39 is 0 Å². The van der Waals surface area contributed by atoms with Gasteiger partial charge < -0.3 is 15.4 Å². The number of ether oxygens (including phenoxy) is 1. The van der Waals surface area contributed by atoms with Gasteiger partial charge in [-0.1, -0.05) is 6.07 Å². The molecule has 19 heavy (non-hydrogen) atoms. The lowest BCUT2D eigenvalue weighted by Crippen LogP contribution is -2.49. The first-order valence-corrected chi connectivity index (χ1v) is 7.10. The van der Waals surface area contributed by atoms with E-state index in [1.165, 1.54) is 6.42 Å². The van der Waals surface area contributed by atoms with Crippen molar-refractivity contribution in [2.24, 2.45) is 5.73 Å². The van der Waals surface area contributed by atoms with E-state index in [0.717, 1.165) is 24.9 Å². The first-order chi connectivity index (χ1) is 9.16. The highest BCUT2D eigenvalue weighted by atomic mass is 19.1. The number of nitrogens with two attached hydrogens (primary N) is 1. The van der Waals surface area contributed by atoms with Gasteiger partial charge in [0, 0.05) is 12.6 Å². The molecule has 1 heterocycles. The molecule has 0 spiro atoms. The number of rotatable bonds is 2. The van der Waals surface area contributed by atoms with Crippen molar-refractivity contribution in [1.29, 1.82) is 0 Å². The molecule has 2 fully saturated rings. The summed E-state index contributed by atoms with van der Waals surface area (Å²) in [7, 11) is 0. The highest BCUT2D eigenvalue weighted by Crippen LogP contribution is 2.34. The van der Waals surface area contributed by atoms with E-state index in [0.29, 0.717) is 18.3 Å². The Hall–Kier alpha value is -1.13. The monoisotopic (exact) mass is 264 g/mol. The lowest BCUT2D eigenvalue weighted by molar-refractivity contribution is 0.0254. The van der Waals surface area contributed by atoms with Gasteiger partial charge in [-0.2, -0.15) is 0 Å². The maximum atomic E-state index is 14.3. The molecule has 0 radical (unpaired) electrons. The molecule has 2 unspecified atom stereocenters. The minimum Gasteiger partial charge on any atom is -0.374 e. The van der Waals surface area contributed by atoms with E-state index in [1.807, 2.05) is 19.1 Å². The Bertz CT molecular complexity index is 463. The van der Waals surface area contributed by atoms with Gasteiger partial charge in [-0.15, -0.1) is 0 Å². The van der Waals surface area contributed by atoms with Crippen LogP contribution in [0.15, 0.2) is 18.2 Å². The number of morpholine rings is 1. The Morgan fingerprint density at radius 2 is 2.26 bits per heavy atom. The summed E-state index contributed by atoms with van der Waals surface area (Å²) in [5.41, 5.74) is 7.34. The Balaban J connectivity index is 1.88. The van der Waals surface area contributed by atoms with Gasteiger partial charge in [0.25, 0.3) is 0 Å². The fraction of sp³-hybridized carbons (Fsp3) is 0.600. The van der Waals surface area contributed by atoms with Crippen molar-refractivity contribution in [2.75, 3.05) is 18.1 Å². The van der Waals surface area contributed by atoms with E-state index in [9.17, 15) is 4.39 Å². The number of halogens is 1. The second kappa shape index (κ2) is 5.10. The molecule has 0 amide bonds. The second-order valence-electron chi connectivity index (χ2n) is 5.60. The quantitative estimate of drug-likeness (QED) is 0.892. The van der Waals surface area contributed by atoms with Crippen molar-refractivity contribution >= 4 is 5.69 Å². The van der Waals surface area contributed by atoms with Crippen LogP contribution in [0.1, 0.15) is 37.8 Å². The van der Waals surface area contributed by atoms with E-state index in [4.69, 9.17) is 10.5 Å². The predicted molar refractivity (Wildman–Crippen MR) is 73.7 cm³/mol. The highest BCUT2D eigenvalue weighted by molar-refractivity contribution is 5.51. The third-order valence-corrected chi connectivity index (χ3v) is 4.29. The van der Waals surface area contributed by atoms with Gasteiger partial charge >= 0.3 is 0 Å². The SMILES string of the molecule is C[C@H](N)c1ccc(N2CCOC3CCCC32)c(F)c1. The standard InChI is InChI=1S/C15H21FN2O/c1-10(17)11-5-6-13(12(16)9-11)18-7-8-19-15-4-2-3-14(15)18/h5-6,9-10,14-15H,2-4,7-8,17H2,1H3/t10-,14?,15?/m0/s1. The van der Waals surface area contributed by atoms with Gasteiger partial charge in [0.1, 0.15) is 5.82 Å². The Labute approximate surface area is 113 Å². The van der Waals surface area contributed by atoms with Gasteiger partial charge in [0.05, 0.1) is 24.4 Å². The van der Waals surface area contributed by atoms with E-state index in [2.05, 4.69) is 4.90 Å². The summed E-state index contributed by atoms with van der Waals surface area (Å²) in [6, 6.07) is 5.58. The van der Waals surface area contributed by atoms with Crippen LogP contribution in [0, 0.1) is 5.82 Å². The first kappa shape index (κ1) is 12.9. The average Bonchev–Trinajstić information content (AvgIpc) is 2.86. The first-order valence-electron chi connectivity index (χ1n) is 7.10. The number of anilines is 1. The zero-order chi connectivity index (χ0) is 13.4. The van der Waals surface area contributed by atoms with Crippen molar-refractivity contribution in [3.05, 3.63) is 29.6 Å². The van der Waals surface area contributed by atoms with E-state index in [1.54, 1.807) is 6.07 Å². The highest BCUT2D eigenvalue weighted by Gasteiger charge is 2.36. The summed E-state index contributed by atoms with van der Waals surface area (Å²) >= 11 is 0. The second-order valence-corrected chi connectivity index (χ2v) is 5.60. The average molecular weight is 264 g/mol. The Morgan fingerprint density at radius 3 is 3.00 bits per heavy atom. The summed E-state index contributed by atoms with van der Waals surface area (Å²) in [6.45, 7) is 3.33. The number of hydrogen-bond acceptors (Lipinski definition) is 3. The fourth-order valence-corrected chi connectivity index (χ4v) is 3.26. The molecule has 2 N–H and O–H groups in total. The largest absolute Gasteiger partial charge is 0.374 e. The van der Waals surface area contributed by atoms with Crippen LogP contribution < -0.4 is 10.6 Å². The molecule has 1 saturated heterocycles. The molecular weight excluding hydrogens is 243 g/mol. The summed E-state index contributed by atoms with van der Waals surface area (Å²) < 4.78 is 20.1. The van der Waals surface area contributed by atoms with Crippen LogP contribution >= 0.6 is 0 Å². The molecule has 0 bridgehead atoms. The summed E-state index contributed by atoms with van der Waals surface area (Å²) in [6.07, 6.45) is 3.65. The molecule has 1 aromatic carbocycles. The molecule has 3 atom stereocenters. The Kier molecular flexibility index (Phi) is 3.46. The topological polar surface area (TPSA) is 38.5 Å². The van der Waals surface area contributed by atoms with Crippen molar-refractivity contribution in [3.8, 4) is 0 Å². The molecule has 3 nitrogen and oxygen atoms in total. The van der Waals surface area contributed by atoms with Gasteiger partial charge in [-0.25, -0.2) is 4.39 Å². The molecular formula is C15H21FN2O. The van der Waals surface area contributed by atoms with Crippen LogP contribution in [0.3, 0.4) is 0 Å².